The molecule has 0 saturated carbocycles. The van der Waals surface area contributed by atoms with Crippen LogP contribution in [0.3, 0.4) is 0 Å². The third-order valence-electron chi connectivity index (χ3n) is 6.58. The van der Waals surface area contributed by atoms with Crippen molar-refractivity contribution < 1.29 is 4.48 Å². The van der Waals surface area contributed by atoms with E-state index in [2.05, 4.69) is 4.90 Å². The zero-order chi connectivity index (χ0) is 10.6. The molecule has 2 nitrogen and oxygen atoms in total. The van der Waals surface area contributed by atoms with Gasteiger partial charge in [0, 0.05) is 0 Å². The zero-order valence-electron chi connectivity index (χ0n) is 10.5. The van der Waals surface area contributed by atoms with Crippen molar-refractivity contribution in [2.75, 3.05) is 39.3 Å². The normalized spacial score (nSPS) is 55.5. The van der Waals surface area contributed by atoms with E-state index in [1.165, 1.54) is 58.5 Å². The van der Waals surface area contributed by atoms with Gasteiger partial charge in [-0.05, 0) is 44.8 Å². The van der Waals surface area contributed by atoms with Gasteiger partial charge in [-0.1, -0.05) is 0 Å². The van der Waals surface area contributed by atoms with Crippen molar-refractivity contribution in [2.45, 2.75) is 44.1 Å². The highest BCUT2D eigenvalue weighted by atomic mass is 15.5. The zero-order valence-corrected chi connectivity index (χ0v) is 10.5. The summed E-state index contributed by atoms with van der Waals surface area (Å²) in [5, 5.41) is 0. The topological polar surface area (TPSA) is 3.24 Å². The second-order valence-electron chi connectivity index (χ2n) is 6.86. The fourth-order valence-corrected chi connectivity index (χ4v) is 4.81. The summed E-state index contributed by atoms with van der Waals surface area (Å²) in [4.78, 5) is 2.58. The Kier molecular flexibility index (Phi) is 2.00. The molecule has 90 valence electrons. The Labute approximate surface area is 99.2 Å². The van der Waals surface area contributed by atoms with Gasteiger partial charge in [0.1, 0.15) is 5.54 Å². The Hall–Kier alpha value is -0.0800. The molecule has 6 rings (SSSR count). The van der Waals surface area contributed by atoms with Crippen LogP contribution in [0.5, 0.6) is 0 Å². The van der Waals surface area contributed by atoms with Crippen molar-refractivity contribution in [1.82, 2.24) is 4.90 Å². The maximum absolute atomic E-state index is 2.58. The van der Waals surface area contributed by atoms with E-state index in [1.54, 1.807) is 23.7 Å². The summed E-state index contributed by atoms with van der Waals surface area (Å²) in [5.41, 5.74) is 0.917. The minimum atomic E-state index is 0.917. The third kappa shape index (κ3) is 1.15. The monoisotopic (exact) mass is 221 g/mol. The van der Waals surface area contributed by atoms with Gasteiger partial charge in [-0.3, -0.25) is 0 Å². The lowest BCUT2D eigenvalue weighted by molar-refractivity contribution is -1.10. The van der Waals surface area contributed by atoms with Crippen molar-refractivity contribution in [3.05, 3.63) is 0 Å². The first-order chi connectivity index (χ1) is 7.82. The summed E-state index contributed by atoms with van der Waals surface area (Å²) in [6.07, 6.45) is 9.15. The summed E-state index contributed by atoms with van der Waals surface area (Å²) in [6, 6.07) is 0. The van der Waals surface area contributed by atoms with E-state index >= 15 is 0 Å². The van der Waals surface area contributed by atoms with Crippen molar-refractivity contribution in [2.24, 2.45) is 5.92 Å². The molecule has 0 N–H and O–H groups in total. The van der Waals surface area contributed by atoms with Crippen molar-refractivity contribution in [1.29, 1.82) is 0 Å². The highest BCUT2D eigenvalue weighted by Crippen LogP contribution is 2.60. The molecule has 6 aliphatic heterocycles. The van der Waals surface area contributed by atoms with Crippen LogP contribution in [-0.2, 0) is 0 Å². The first-order valence-corrected chi connectivity index (χ1v) is 7.41. The van der Waals surface area contributed by atoms with Crippen LogP contribution >= 0.6 is 0 Å². The van der Waals surface area contributed by atoms with Crippen molar-refractivity contribution >= 4 is 0 Å². The molecule has 0 radical (unpaired) electrons. The van der Waals surface area contributed by atoms with Gasteiger partial charge in [0.05, 0.1) is 38.9 Å². The minimum absolute atomic E-state index is 0.917. The lowest BCUT2D eigenvalue weighted by atomic mass is 9.60. The second kappa shape index (κ2) is 3.23. The molecule has 0 aromatic rings. The summed E-state index contributed by atoms with van der Waals surface area (Å²) < 4.78 is 1.56. The minimum Gasteiger partial charge on any atom is -0.318 e. The number of nitrogens with zero attached hydrogens (tertiary/aromatic N) is 2. The van der Waals surface area contributed by atoms with Crippen molar-refractivity contribution in [3.63, 3.8) is 0 Å². The molecule has 0 unspecified atom stereocenters. The Balaban J connectivity index is 0.0000000902. The quantitative estimate of drug-likeness (QED) is 0.564. The number of hydrogen-bond donors (Lipinski definition) is 0. The van der Waals surface area contributed by atoms with Crippen LogP contribution in [0.4, 0.5) is 0 Å². The van der Waals surface area contributed by atoms with Crippen LogP contribution < -0.4 is 0 Å². The van der Waals surface area contributed by atoms with Gasteiger partial charge >= 0.3 is 0 Å². The SMILES string of the molecule is C1CN2CCC1CC2.C1C[N+]23CCC12CC3. The molecule has 0 amide bonds. The van der Waals surface area contributed by atoms with E-state index in [9.17, 15) is 0 Å². The summed E-state index contributed by atoms with van der Waals surface area (Å²) >= 11 is 0. The number of piperidine rings is 6. The number of rotatable bonds is 0. The molecular formula is C14H25N2+. The Morgan fingerprint density at radius 2 is 1.25 bits per heavy atom. The van der Waals surface area contributed by atoms with Crippen LogP contribution in [0, 0.1) is 5.92 Å². The molecule has 6 fully saturated rings. The molecule has 0 aromatic heterocycles. The number of fused-ring (bicyclic) bond motifs is 3. The van der Waals surface area contributed by atoms with Gasteiger partial charge in [-0.15, -0.1) is 0 Å². The number of hydrogen-bond acceptors (Lipinski definition) is 1. The molecule has 2 bridgehead atoms. The Morgan fingerprint density at radius 1 is 0.812 bits per heavy atom. The van der Waals surface area contributed by atoms with Gasteiger partial charge in [-0.2, -0.15) is 0 Å². The van der Waals surface area contributed by atoms with Gasteiger partial charge in [0.15, 0.2) is 0 Å². The second-order valence-corrected chi connectivity index (χ2v) is 6.86. The van der Waals surface area contributed by atoms with E-state index in [4.69, 9.17) is 0 Å². The molecule has 16 heavy (non-hydrogen) atoms. The van der Waals surface area contributed by atoms with Crippen LogP contribution in [0.15, 0.2) is 0 Å². The van der Waals surface area contributed by atoms with E-state index in [-0.39, 0.29) is 0 Å². The smallest absolute Gasteiger partial charge is 0.115 e. The lowest BCUT2D eigenvalue weighted by Crippen LogP contribution is -2.89. The largest absolute Gasteiger partial charge is 0.318 e. The molecule has 0 spiro atoms. The molecule has 6 heterocycles. The highest BCUT2D eigenvalue weighted by molar-refractivity contribution is 5.03. The average molecular weight is 221 g/mol. The first-order valence-electron chi connectivity index (χ1n) is 7.41. The summed E-state index contributed by atoms with van der Waals surface area (Å²) in [7, 11) is 0. The highest BCUT2D eigenvalue weighted by Gasteiger charge is 2.73. The standard InChI is InChI=1S/C7H12N.C7H13N/c1-4-8-5-2-7(1,8)3-6-8;1-4-8-5-2-7(1)3-6-8/h1-6H2;7H,1-6H2/q+1;. The fraction of sp³-hybridized carbons (Fsp3) is 1.00. The first kappa shape index (κ1) is 9.90. The molecule has 6 aliphatic rings. The van der Waals surface area contributed by atoms with Gasteiger partial charge < -0.3 is 9.38 Å². The van der Waals surface area contributed by atoms with Crippen LogP contribution in [0.1, 0.15) is 38.5 Å². The lowest BCUT2D eigenvalue weighted by Gasteiger charge is -2.76. The maximum atomic E-state index is 2.58. The van der Waals surface area contributed by atoms with Gasteiger partial charge in [-0.25, -0.2) is 0 Å². The molecule has 0 aromatic carbocycles. The van der Waals surface area contributed by atoms with E-state index < -0.39 is 0 Å². The number of quaternary nitrogens is 1. The molecule has 0 aliphatic carbocycles. The predicted octanol–water partition coefficient (Wildman–Crippen LogP) is 1.86. The maximum Gasteiger partial charge on any atom is 0.115 e. The van der Waals surface area contributed by atoms with E-state index in [1.807, 2.05) is 0 Å². The van der Waals surface area contributed by atoms with Crippen LogP contribution in [0.25, 0.3) is 0 Å². The molecule has 6 saturated heterocycles. The fourth-order valence-electron chi connectivity index (χ4n) is 4.81. The average Bonchev–Trinajstić information content (AvgIpc) is 2.43. The molecular weight excluding hydrogens is 196 g/mol. The van der Waals surface area contributed by atoms with Crippen LogP contribution in [-0.4, -0.2) is 54.2 Å². The van der Waals surface area contributed by atoms with E-state index in [0.717, 1.165) is 11.5 Å². The van der Waals surface area contributed by atoms with Crippen molar-refractivity contribution in [3.8, 4) is 0 Å². The predicted molar refractivity (Wildman–Crippen MR) is 65.2 cm³/mol. The Morgan fingerprint density at radius 3 is 1.31 bits per heavy atom. The van der Waals surface area contributed by atoms with Gasteiger partial charge in [0.2, 0.25) is 0 Å². The Bertz CT molecular complexity index is 226. The molecule has 0 atom stereocenters. The van der Waals surface area contributed by atoms with Crippen LogP contribution in [0.2, 0.25) is 0 Å². The van der Waals surface area contributed by atoms with Gasteiger partial charge in [0.25, 0.3) is 0 Å². The summed E-state index contributed by atoms with van der Waals surface area (Å²) in [5.74, 6) is 1.11. The summed E-state index contributed by atoms with van der Waals surface area (Å²) in [6.45, 7) is 8.76. The molecule has 2 heteroatoms. The van der Waals surface area contributed by atoms with E-state index in [0.29, 0.717) is 0 Å². The third-order valence-corrected chi connectivity index (χ3v) is 6.58.